The van der Waals surface area contributed by atoms with Gasteiger partial charge in [-0.3, -0.25) is 9.59 Å². The molecule has 128 valence electrons. The first-order valence-corrected chi connectivity index (χ1v) is 6.97. The van der Waals surface area contributed by atoms with Crippen LogP contribution in [-0.2, 0) is 4.79 Å². The predicted molar refractivity (Wildman–Crippen MR) is 83.6 cm³/mol. The first-order valence-electron chi connectivity index (χ1n) is 6.97. The summed E-state index contributed by atoms with van der Waals surface area (Å²) in [5, 5.41) is 26.3. The number of Topliss-reactive ketones (excluding diaryl/α,β-unsaturated/α-hetero) is 1. The number of aromatic carboxylic acids is 1. The fourth-order valence-corrected chi connectivity index (χ4v) is 1.63. The molecule has 0 aliphatic carbocycles. The Hall–Kier alpha value is -2.45. The Bertz CT molecular complexity index is 527. The van der Waals surface area contributed by atoms with Crippen LogP contribution >= 0.6 is 0 Å². The van der Waals surface area contributed by atoms with Crippen LogP contribution in [0.25, 0.3) is 0 Å². The second kappa shape index (κ2) is 10.3. The maximum absolute atomic E-state index is 10.9. The Morgan fingerprint density at radius 2 is 1.70 bits per heavy atom. The highest BCUT2D eigenvalue weighted by Crippen LogP contribution is 2.22. The zero-order valence-electron chi connectivity index (χ0n) is 12.9. The summed E-state index contributed by atoms with van der Waals surface area (Å²) in [6, 6.07) is 3.32. The summed E-state index contributed by atoms with van der Waals surface area (Å²) in [6.07, 6.45) is 2.16. The number of carboxylic acids is 2. The minimum atomic E-state index is -1.25. The summed E-state index contributed by atoms with van der Waals surface area (Å²) in [6.45, 7) is 1.87. The van der Waals surface area contributed by atoms with Gasteiger partial charge < -0.3 is 26.8 Å². The Kier molecular flexibility index (Phi) is 9.21. The number of rotatable bonds is 7. The molecule has 0 aliphatic heterocycles. The van der Waals surface area contributed by atoms with E-state index in [9.17, 15) is 19.5 Å². The van der Waals surface area contributed by atoms with Crippen molar-refractivity contribution in [3.63, 3.8) is 0 Å². The molecule has 1 unspecified atom stereocenters. The molecule has 0 fully saturated rings. The third-order valence-corrected chi connectivity index (χ3v) is 2.93. The maximum atomic E-state index is 10.9. The molecule has 0 heterocycles. The lowest BCUT2D eigenvalue weighted by Crippen LogP contribution is -2.29. The number of aromatic hydroxyl groups is 1. The van der Waals surface area contributed by atoms with Crippen LogP contribution in [0.3, 0.4) is 0 Å². The molecule has 1 rings (SSSR count). The number of hydrogen-bond donors (Lipinski definition) is 5. The van der Waals surface area contributed by atoms with E-state index in [4.69, 9.17) is 21.7 Å². The fourth-order valence-electron chi connectivity index (χ4n) is 1.63. The molecule has 0 aliphatic rings. The highest BCUT2D eigenvalue weighted by Gasteiger charge is 2.14. The highest BCUT2D eigenvalue weighted by atomic mass is 16.4. The third kappa shape index (κ3) is 7.39. The number of unbranched alkanes of at least 4 members (excludes halogenated alkanes) is 1. The number of benzene rings is 1. The summed E-state index contributed by atoms with van der Waals surface area (Å²) in [5.41, 5.74) is 10.2. The van der Waals surface area contributed by atoms with Crippen LogP contribution in [-0.4, -0.2) is 45.6 Å². The second-order valence-electron chi connectivity index (χ2n) is 4.79. The molecule has 0 bridgehead atoms. The maximum Gasteiger partial charge on any atom is 0.339 e. The van der Waals surface area contributed by atoms with Gasteiger partial charge in [-0.25, -0.2) is 4.79 Å². The first-order chi connectivity index (χ1) is 10.7. The van der Waals surface area contributed by atoms with E-state index in [0.717, 1.165) is 12.8 Å². The van der Waals surface area contributed by atoms with Crippen molar-refractivity contribution in [3.8, 4) is 5.75 Å². The molecule has 23 heavy (non-hydrogen) atoms. The largest absolute Gasteiger partial charge is 0.506 e. The van der Waals surface area contributed by atoms with Gasteiger partial charge in [-0.1, -0.05) is 12.5 Å². The van der Waals surface area contributed by atoms with Crippen molar-refractivity contribution in [3.05, 3.63) is 29.3 Å². The molecule has 0 saturated carbocycles. The van der Waals surface area contributed by atoms with Gasteiger partial charge >= 0.3 is 11.9 Å². The van der Waals surface area contributed by atoms with Gasteiger partial charge in [0.2, 0.25) is 0 Å². The van der Waals surface area contributed by atoms with Gasteiger partial charge in [0.25, 0.3) is 0 Å². The summed E-state index contributed by atoms with van der Waals surface area (Å²) < 4.78 is 0. The molecule has 1 aromatic rings. The number of ketones is 1. The lowest BCUT2D eigenvalue weighted by Gasteiger charge is -2.03. The van der Waals surface area contributed by atoms with Crippen LogP contribution in [0.15, 0.2) is 18.2 Å². The molecule has 0 spiro atoms. The third-order valence-electron chi connectivity index (χ3n) is 2.93. The van der Waals surface area contributed by atoms with Crippen molar-refractivity contribution in [2.75, 3.05) is 6.54 Å². The van der Waals surface area contributed by atoms with Gasteiger partial charge in [-0.15, -0.1) is 0 Å². The van der Waals surface area contributed by atoms with Crippen molar-refractivity contribution >= 4 is 17.7 Å². The zero-order chi connectivity index (χ0) is 18.0. The zero-order valence-corrected chi connectivity index (χ0v) is 12.9. The van der Waals surface area contributed by atoms with Crippen molar-refractivity contribution in [1.29, 1.82) is 0 Å². The number of carbonyl (C=O) groups is 3. The van der Waals surface area contributed by atoms with E-state index in [-0.39, 0.29) is 16.9 Å². The average Bonchev–Trinajstić information content (AvgIpc) is 2.47. The van der Waals surface area contributed by atoms with E-state index < -0.39 is 23.7 Å². The topological polar surface area (TPSA) is 164 Å². The Morgan fingerprint density at radius 3 is 2.13 bits per heavy atom. The monoisotopic (exact) mass is 326 g/mol. The molecule has 1 atom stereocenters. The standard InChI is InChI=1S/C9H8O4.C6H14N2O2/c1-5(10)6-3-2-4-7(8(6)11)9(12)13;7-4-2-1-3-5(8)6(9)10/h2-4,11H,1H3,(H,12,13);5H,1-4,7-8H2,(H,9,10). The van der Waals surface area contributed by atoms with Gasteiger partial charge in [0.1, 0.15) is 17.4 Å². The highest BCUT2D eigenvalue weighted by molar-refractivity contribution is 6.01. The van der Waals surface area contributed by atoms with Crippen LogP contribution < -0.4 is 11.5 Å². The lowest BCUT2D eigenvalue weighted by atomic mass is 10.1. The van der Waals surface area contributed by atoms with Crippen LogP contribution in [0, 0.1) is 0 Å². The Labute approximate surface area is 133 Å². The quantitative estimate of drug-likeness (QED) is 0.363. The Morgan fingerprint density at radius 1 is 1.13 bits per heavy atom. The second-order valence-corrected chi connectivity index (χ2v) is 4.79. The minimum Gasteiger partial charge on any atom is -0.506 e. The summed E-state index contributed by atoms with van der Waals surface area (Å²) in [4.78, 5) is 31.6. The molecule has 7 N–H and O–H groups in total. The number of carboxylic acid groups (broad SMARTS) is 2. The molecule has 8 heteroatoms. The summed E-state index contributed by atoms with van der Waals surface area (Å²) in [5.74, 6) is -3.01. The molecular formula is C15H22N2O6. The van der Waals surface area contributed by atoms with Crippen molar-refractivity contribution in [1.82, 2.24) is 0 Å². The summed E-state index contributed by atoms with van der Waals surface area (Å²) >= 11 is 0. The number of para-hydroxylation sites is 1. The van der Waals surface area contributed by atoms with Crippen molar-refractivity contribution in [2.45, 2.75) is 32.2 Å². The number of carbonyl (C=O) groups excluding carboxylic acids is 1. The summed E-state index contributed by atoms with van der Waals surface area (Å²) in [7, 11) is 0. The lowest BCUT2D eigenvalue weighted by molar-refractivity contribution is -0.138. The molecule has 1 aromatic carbocycles. The van der Waals surface area contributed by atoms with Crippen LogP contribution in [0.5, 0.6) is 5.75 Å². The van der Waals surface area contributed by atoms with Gasteiger partial charge in [0.15, 0.2) is 5.78 Å². The smallest absolute Gasteiger partial charge is 0.339 e. The molecule has 0 saturated heterocycles. The Balaban J connectivity index is 0.000000438. The molecule has 0 amide bonds. The predicted octanol–water partition coefficient (Wildman–Crippen LogP) is 0.820. The molecule has 8 nitrogen and oxygen atoms in total. The van der Waals surface area contributed by atoms with E-state index in [1.165, 1.54) is 25.1 Å². The first kappa shape index (κ1) is 20.6. The van der Waals surface area contributed by atoms with Crippen LogP contribution in [0.2, 0.25) is 0 Å². The number of phenols is 1. The van der Waals surface area contributed by atoms with Crippen molar-refractivity contribution in [2.24, 2.45) is 11.5 Å². The van der Waals surface area contributed by atoms with Gasteiger partial charge in [-0.05, 0) is 38.4 Å². The van der Waals surface area contributed by atoms with E-state index in [0.29, 0.717) is 13.0 Å². The molecule has 0 aromatic heterocycles. The molecule has 0 radical (unpaired) electrons. The minimum absolute atomic E-state index is 0.0277. The normalized spacial score (nSPS) is 11.1. The molecular weight excluding hydrogens is 304 g/mol. The number of aliphatic carboxylic acids is 1. The van der Waals surface area contributed by atoms with Gasteiger partial charge in [0.05, 0.1) is 5.56 Å². The van der Waals surface area contributed by atoms with E-state index in [1.54, 1.807) is 0 Å². The number of nitrogens with two attached hydrogens (primary N) is 2. The van der Waals surface area contributed by atoms with E-state index in [2.05, 4.69) is 0 Å². The SMILES string of the molecule is CC(=O)c1cccc(C(=O)O)c1O.NCCCCC(N)C(=O)O. The van der Waals surface area contributed by atoms with Gasteiger partial charge in [-0.2, -0.15) is 0 Å². The average molecular weight is 326 g/mol. The fraction of sp³-hybridized carbons (Fsp3) is 0.400. The van der Waals surface area contributed by atoms with E-state index in [1.807, 2.05) is 0 Å². The van der Waals surface area contributed by atoms with Crippen LogP contribution in [0.4, 0.5) is 0 Å². The number of hydrogen-bond acceptors (Lipinski definition) is 6. The van der Waals surface area contributed by atoms with Crippen molar-refractivity contribution < 1.29 is 29.7 Å². The van der Waals surface area contributed by atoms with Crippen LogP contribution in [0.1, 0.15) is 46.9 Å². The van der Waals surface area contributed by atoms with E-state index >= 15 is 0 Å². The van der Waals surface area contributed by atoms with Gasteiger partial charge in [0, 0.05) is 0 Å².